The minimum absolute atomic E-state index is 0.345. The van der Waals surface area contributed by atoms with E-state index in [1.165, 1.54) is 69.8 Å². The SMILES string of the molecule is C1=COC=C([Si](c2ccccc2)(c2ccccc2)C2C=Cc3c(c4ccccc4n3C3CCCCC3)C2)C=C1. The number of hydrogen-bond donors (Lipinski definition) is 0. The quantitative estimate of drug-likeness (QED) is 0.242. The lowest BCUT2D eigenvalue weighted by molar-refractivity contribution is 0.359. The minimum Gasteiger partial charge on any atom is -0.473 e. The van der Waals surface area contributed by atoms with Crippen LogP contribution in [-0.2, 0) is 11.2 Å². The molecule has 1 aromatic heterocycles. The first-order valence-corrected chi connectivity index (χ1v) is 16.6. The van der Waals surface area contributed by atoms with Crippen molar-refractivity contribution in [2.24, 2.45) is 0 Å². The molecule has 194 valence electrons. The summed E-state index contributed by atoms with van der Waals surface area (Å²) in [6.07, 6.45) is 22.9. The van der Waals surface area contributed by atoms with Gasteiger partial charge >= 0.3 is 0 Å². The number of allylic oxidation sites excluding steroid dienone is 5. The van der Waals surface area contributed by atoms with E-state index < -0.39 is 8.07 Å². The van der Waals surface area contributed by atoms with Crippen molar-refractivity contribution in [3.05, 3.63) is 138 Å². The third kappa shape index (κ3) is 4.08. The number of rotatable bonds is 5. The van der Waals surface area contributed by atoms with Crippen LogP contribution in [0.3, 0.4) is 0 Å². The van der Waals surface area contributed by atoms with Gasteiger partial charge in [0, 0.05) is 22.6 Å². The molecule has 1 unspecified atom stereocenters. The van der Waals surface area contributed by atoms with Crippen molar-refractivity contribution in [2.75, 3.05) is 0 Å². The summed E-state index contributed by atoms with van der Waals surface area (Å²) < 4.78 is 8.67. The highest BCUT2D eigenvalue weighted by Gasteiger charge is 2.48. The average Bonchev–Trinajstić information content (AvgIpc) is 3.12. The molecule has 2 heterocycles. The molecule has 2 nitrogen and oxygen atoms in total. The molecule has 2 aliphatic carbocycles. The van der Waals surface area contributed by atoms with E-state index in [1.807, 2.05) is 12.3 Å². The summed E-state index contributed by atoms with van der Waals surface area (Å²) in [6, 6.07) is 32.2. The molecule has 0 spiro atoms. The molecule has 1 fully saturated rings. The standard InChI is InChI=1S/C36H35NOSi/c1-4-14-28(15-5-1)37-35-22-11-10-21-33(35)34-26-31(23-24-36(34)37)39(29-16-6-2-7-17-29,30-18-8-3-9-19-30)32-20-12-13-25-38-27-32/h2-3,6-13,16-25,27-28,31H,1,4-5,14-15,26H2. The van der Waals surface area contributed by atoms with Gasteiger partial charge in [-0.2, -0.15) is 0 Å². The number of para-hydroxylation sites is 1. The molecule has 3 aromatic carbocycles. The number of nitrogens with zero attached hydrogens (tertiary/aromatic N) is 1. The van der Waals surface area contributed by atoms with Crippen molar-refractivity contribution in [1.82, 2.24) is 4.57 Å². The van der Waals surface area contributed by atoms with Crippen LogP contribution in [0.15, 0.2) is 127 Å². The maximum absolute atomic E-state index is 5.97. The fraction of sp³-hybridized carbons (Fsp3) is 0.222. The van der Waals surface area contributed by atoms with Crippen molar-refractivity contribution in [2.45, 2.75) is 50.1 Å². The second kappa shape index (κ2) is 10.4. The molecule has 1 aliphatic heterocycles. The van der Waals surface area contributed by atoms with Crippen LogP contribution in [0.4, 0.5) is 0 Å². The van der Waals surface area contributed by atoms with Crippen molar-refractivity contribution >= 4 is 35.4 Å². The van der Waals surface area contributed by atoms with Crippen LogP contribution in [0.25, 0.3) is 17.0 Å². The predicted octanol–water partition coefficient (Wildman–Crippen LogP) is 7.87. The van der Waals surface area contributed by atoms with E-state index in [-0.39, 0.29) is 0 Å². The van der Waals surface area contributed by atoms with E-state index in [2.05, 4.69) is 114 Å². The number of aromatic nitrogens is 1. The lowest BCUT2D eigenvalue weighted by Crippen LogP contribution is -2.63. The Morgan fingerprint density at radius 1 is 0.718 bits per heavy atom. The molecule has 0 bridgehead atoms. The van der Waals surface area contributed by atoms with Gasteiger partial charge in [-0.3, -0.25) is 0 Å². The average molecular weight is 526 g/mol. The molecule has 7 rings (SSSR count). The fourth-order valence-electron chi connectivity index (χ4n) is 7.44. The Morgan fingerprint density at radius 3 is 2.15 bits per heavy atom. The third-order valence-corrected chi connectivity index (χ3v) is 14.3. The lowest BCUT2D eigenvalue weighted by Gasteiger charge is -2.41. The number of fused-ring (bicyclic) bond motifs is 3. The van der Waals surface area contributed by atoms with E-state index >= 15 is 0 Å². The van der Waals surface area contributed by atoms with Gasteiger partial charge < -0.3 is 9.30 Å². The monoisotopic (exact) mass is 525 g/mol. The molecule has 1 saturated carbocycles. The Morgan fingerprint density at radius 2 is 1.41 bits per heavy atom. The van der Waals surface area contributed by atoms with Gasteiger partial charge in [0.2, 0.25) is 0 Å². The summed E-state index contributed by atoms with van der Waals surface area (Å²) >= 11 is 0. The van der Waals surface area contributed by atoms with Gasteiger partial charge in [-0.15, -0.1) is 0 Å². The smallest absolute Gasteiger partial charge is 0.159 e. The predicted molar refractivity (Wildman–Crippen MR) is 166 cm³/mol. The molecule has 0 radical (unpaired) electrons. The topological polar surface area (TPSA) is 14.2 Å². The highest BCUT2D eigenvalue weighted by molar-refractivity contribution is 7.09. The van der Waals surface area contributed by atoms with Crippen LogP contribution in [0, 0.1) is 0 Å². The summed E-state index contributed by atoms with van der Waals surface area (Å²) in [4.78, 5) is 0. The Hall–Kier alpha value is -3.82. The van der Waals surface area contributed by atoms with Crippen LogP contribution in [-0.4, -0.2) is 12.6 Å². The molecule has 0 amide bonds. The second-order valence-corrected chi connectivity index (χ2v) is 15.2. The van der Waals surface area contributed by atoms with E-state index in [4.69, 9.17) is 4.74 Å². The Bertz CT molecular complexity index is 1550. The summed E-state index contributed by atoms with van der Waals surface area (Å²) in [5.74, 6) is 0. The van der Waals surface area contributed by atoms with Crippen molar-refractivity contribution in [3.8, 4) is 0 Å². The molecule has 1 atom stereocenters. The summed E-state index contributed by atoms with van der Waals surface area (Å²) in [6.45, 7) is 0. The number of benzene rings is 3. The molecule has 4 aromatic rings. The maximum Gasteiger partial charge on any atom is 0.159 e. The normalized spacial score (nSPS) is 19.4. The highest BCUT2D eigenvalue weighted by atomic mass is 28.3. The van der Waals surface area contributed by atoms with Crippen LogP contribution in [0.1, 0.15) is 49.4 Å². The van der Waals surface area contributed by atoms with Crippen LogP contribution < -0.4 is 10.4 Å². The Kier molecular flexibility index (Phi) is 6.45. The van der Waals surface area contributed by atoms with Gasteiger partial charge in [-0.25, -0.2) is 0 Å². The van der Waals surface area contributed by atoms with Crippen molar-refractivity contribution < 1.29 is 4.74 Å². The largest absolute Gasteiger partial charge is 0.473 e. The van der Waals surface area contributed by atoms with Gasteiger partial charge in [-0.05, 0) is 64.2 Å². The van der Waals surface area contributed by atoms with Crippen molar-refractivity contribution in [3.63, 3.8) is 0 Å². The maximum atomic E-state index is 5.97. The van der Waals surface area contributed by atoms with E-state index in [0.717, 1.165) is 6.42 Å². The van der Waals surface area contributed by atoms with Gasteiger partial charge in [0.25, 0.3) is 0 Å². The first-order chi connectivity index (χ1) is 19.4. The fourth-order valence-corrected chi connectivity index (χ4v) is 12.7. The van der Waals surface area contributed by atoms with Gasteiger partial charge in [0.1, 0.15) is 0 Å². The Balaban J connectivity index is 1.45. The van der Waals surface area contributed by atoms with Crippen molar-refractivity contribution in [1.29, 1.82) is 0 Å². The zero-order valence-electron chi connectivity index (χ0n) is 22.4. The number of hydrogen-bond acceptors (Lipinski definition) is 1. The lowest BCUT2D eigenvalue weighted by atomic mass is 9.94. The molecule has 3 heteroatoms. The number of ether oxygens (including phenoxy) is 1. The minimum atomic E-state index is -2.55. The molecule has 3 aliphatic rings. The van der Waals surface area contributed by atoms with Crippen LogP contribution in [0.5, 0.6) is 0 Å². The molecule has 0 N–H and O–H groups in total. The summed E-state index contributed by atoms with van der Waals surface area (Å²) in [5, 5.41) is 5.58. The van der Waals surface area contributed by atoms with E-state index in [9.17, 15) is 0 Å². The molecule has 39 heavy (non-hydrogen) atoms. The van der Waals surface area contributed by atoms with Gasteiger partial charge in [-0.1, -0.05) is 116 Å². The highest BCUT2D eigenvalue weighted by Crippen LogP contribution is 2.44. The molecular formula is C36H35NOSi. The van der Waals surface area contributed by atoms with Gasteiger partial charge in [0.15, 0.2) is 8.07 Å². The van der Waals surface area contributed by atoms with E-state index in [1.54, 1.807) is 6.26 Å². The van der Waals surface area contributed by atoms with Gasteiger partial charge in [0.05, 0.1) is 12.5 Å². The molecule has 0 saturated heterocycles. The van der Waals surface area contributed by atoms with E-state index in [0.29, 0.717) is 11.6 Å². The van der Waals surface area contributed by atoms with Crippen LogP contribution in [0.2, 0.25) is 5.54 Å². The molecular weight excluding hydrogens is 490 g/mol. The zero-order valence-corrected chi connectivity index (χ0v) is 23.4. The summed E-state index contributed by atoms with van der Waals surface area (Å²) in [5.41, 5.74) is 4.71. The first-order valence-electron chi connectivity index (χ1n) is 14.5. The second-order valence-electron chi connectivity index (χ2n) is 11.1. The Labute approximate surface area is 232 Å². The van der Waals surface area contributed by atoms with Crippen LogP contribution >= 0.6 is 0 Å². The zero-order chi connectivity index (χ0) is 26.1. The third-order valence-electron chi connectivity index (χ3n) is 9.12. The first kappa shape index (κ1) is 24.2. The summed E-state index contributed by atoms with van der Waals surface area (Å²) in [7, 11) is -2.55.